The van der Waals surface area contributed by atoms with E-state index in [2.05, 4.69) is 36.5 Å². The highest BCUT2D eigenvalue weighted by atomic mass is 16.5. The predicted octanol–water partition coefficient (Wildman–Crippen LogP) is 5.25. The molecule has 1 atom stereocenters. The van der Waals surface area contributed by atoms with Crippen LogP contribution in [0.15, 0.2) is 54.6 Å². The van der Waals surface area contributed by atoms with E-state index < -0.39 is 11.5 Å². The summed E-state index contributed by atoms with van der Waals surface area (Å²) < 4.78 is 5.46. The Balaban J connectivity index is 1.89. The van der Waals surface area contributed by atoms with Gasteiger partial charge in [0, 0.05) is 6.92 Å². The summed E-state index contributed by atoms with van der Waals surface area (Å²) in [6, 6.07) is 17.2. The molecule has 0 radical (unpaired) electrons. The number of amides is 1. The summed E-state index contributed by atoms with van der Waals surface area (Å²) in [6.07, 6.45) is 9.94. The van der Waals surface area contributed by atoms with Gasteiger partial charge in [-0.15, -0.1) is 0 Å². The van der Waals surface area contributed by atoms with Crippen molar-refractivity contribution >= 4 is 11.9 Å². The summed E-state index contributed by atoms with van der Waals surface area (Å²) in [5.41, 5.74) is 1.88. The molecule has 0 saturated carbocycles. The van der Waals surface area contributed by atoms with Crippen LogP contribution in [0.1, 0.15) is 80.3 Å². The highest BCUT2D eigenvalue weighted by Crippen LogP contribution is 2.18. The molecule has 0 aliphatic carbocycles. The molecule has 0 aliphatic rings. The number of esters is 1. The maximum absolute atomic E-state index is 12.3. The number of benzene rings is 2. The van der Waals surface area contributed by atoms with E-state index in [-0.39, 0.29) is 19.1 Å². The van der Waals surface area contributed by atoms with Crippen molar-refractivity contribution in [1.82, 2.24) is 5.32 Å². The molecule has 0 bridgehead atoms. The van der Waals surface area contributed by atoms with Crippen LogP contribution in [0.5, 0.6) is 0 Å². The van der Waals surface area contributed by atoms with E-state index in [1.54, 1.807) is 24.3 Å². The first-order valence-electron chi connectivity index (χ1n) is 12.2. The summed E-state index contributed by atoms with van der Waals surface area (Å²) in [4.78, 5) is 24.2. The van der Waals surface area contributed by atoms with E-state index in [1.165, 1.54) is 51.0 Å². The zero-order valence-corrected chi connectivity index (χ0v) is 20.1. The third kappa shape index (κ3) is 9.79. The Morgan fingerprint density at radius 3 is 2.09 bits per heavy atom. The second-order valence-electron chi connectivity index (χ2n) is 8.90. The molecule has 180 valence electrons. The van der Waals surface area contributed by atoms with Gasteiger partial charge in [-0.2, -0.15) is 0 Å². The standard InChI is InChI=1S/C28H39NO4/c1-3-4-5-6-7-9-12-24-15-17-25(18-16-24)19-20-28(21-30,29-23(2)31)22-33-27(32)26-13-10-8-11-14-26/h8,10-11,13-18,30H,3-7,9,12,19-22H2,1-2H3,(H,29,31). The van der Waals surface area contributed by atoms with Crippen molar-refractivity contribution in [3.8, 4) is 0 Å². The minimum absolute atomic E-state index is 0.0904. The maximum atomic E-state index is 12.3. The van der Waals surface area contributed by atoms with Gasteiger partial charge in [0.05, 0.1) is 17.7 Å². The number of carbonyl (C=O) groups is 2. The van der Waals surface area contributed by atoms with Crippen LogP contribution in [-0.4, -0.2) is 35.7 Å². The van der Waals surface area contributed by atoms with Gasteiger partial charge in [0.1, 0.15) is 6.61 Å². The van der Waals surface area contributed by atoms with E-state index >= 15 is 0 Å². The first kappa shape index (κ1) is 26.6. The lowest BCUT2D eigenvalue weighted by atomic mass is 9.92. The largest absolute Gasteiger partial charge is 0.460 e. The number of unbranched alkanes of at least 4 members (excludes halogenated alkanes) is 5. The van der Waals surface area contributed by atoms with E-state index in [0.29, 0.717) is 18.4 Å². The van der Waals surface area contributed by atoms with Gasteiger partial charge in [-0.3, -0.25) is 4.79 Å². The molecule has 1 amide bonds. The first-order chi connectivity index (χ1) is 16.0. The summed E-state index contributed by atoms with van der Waals surface area (Å²) in [6.45, 7) is 3.23. The smallest absolute Gasteiger partial charge is 0.338 e. The lowest BCUT2D eigenvalue weighted by molar-refractivity contribution is -0.122. The molecule has 2 aromatic rings. The molecule has 0 saturated heterocycles. The molecule has 33 heavy (non-hydrogen) atoms. The van der Waals surface area contributed by atoms with E-state index in [9.17, 15) is 14.7 Å². The van der Waals surface area contributed by atoms with Gasteiger partial charge in [0.15, 0.2) is 0 Å². The number of hydrogen-bond donors (Lipinski definition) is 2. The second kappa shape index (κ2) is 14.5. The summed E-state index contributed by atoms with van der Waals surface area (Å²) in [5.74, 6) is -0.744. The predicted molar refractivity (Wildman–Crippen MR) is 132 cm³/mol. The van der Waals surface area contributed by atoms with Crippen molar-refractivity contribution in [1.29, 1.82) is 0 Å². The topological polar surface area (TPSA) is 75.6 Å². The normalized spacial score (nSPS) is 12.7. The molecule has 2 aromatic carbocycles. The van der Waals surface area contributed by atoms with Crippen molar-refractivity contribution in [2.24, 2.45) is 0 Å². The fourth-order valence-electron chi connectivity index (χ4n) is 3.94. The van der Waals surface area contributed by atoms with Gasteiger partial charge < -0.3 is 15.2 Å². The highest BCUT2D eigenvalue weighted by molar-refractivity contribution is 5.89. The van der Waals surface area contributed by atoms with Crippen LogP contribution in [0.25, 0.3) is 0 Å². The molecule has 0 heterocycles. The summed E-state index contributed by atoms with van der Waals surface area (Å²) in [7, 11) is 0. The van der Waals surface area contributed by atoms with Crippen LogP contribution in [0.4, 0.5) is 0 Å². The monoisotopic (exact) mass is 453 g/mol. The molecule has 0 fully saturated rings. The van der Waals surface area contributed by atoms with Crippen LogP contribution < -0.4 is 5.32 Å². The molecular formula is C28H39NO4. The molecule has 0 aromatic heterocycles. The van der Waals surface area contributed by atoms with Gasteiger partial charge in [-0.1, -0.05) is 81.5 Å². The van der Waals surface area contributed by atoms with E-state index in [0.717, 1.165) is 12.0 Å². The first-order valence-corrected chi connectivity index (χ1v) is 12.2. The maximum Gasteiger partial charge on any atom is 0.338 e. The Hall–Kier alpha value is -2.66. The number of aliphatic hydroxyl groups is 1. The third-order valence-electron chi connectivity index (χ3n) is 5.97. The number of aryl methyl sites for hydroxylation is 2. The molecule has 2 rings (SSSR count). The van der Waals surface area contributed by atoms with Crippen LogP contribution in [0, 0.1) is 0 Å². The van der Waals surface area contributed by atoms with Gasteiger partial charge in [-0.25, -0.2) is 4.79 Å². The number of carbonyl (C=O) groups excluding carboxylic acids is 2. The minimum Gasteiger partial charge on any atom is -0.460 e. The third-order valence-corrected chi connectivity index (χ3v) is 5.97. The Bertz CT molecular complexity index is 835. The van der Waals surface area contributed by atoms with Crippen LogP contribution in [-0.2, 0) is 22.4 Å². The number of rotatable bonds is 15. The SMILES string of the molecule is CCCCCCCCc1ccc(CCC(CO)(COC(=O)c2ccccc2)NC(C)=O)cc1. The number of nitrogens with one attached hydrogen (secondary N) is 1. The van der Waals surface area contributed by atoms with Gasteiger partial charge >= 0.3 is 5.97 Å². The molecule has 5 heteroatoms. The number of hydrogen-bond acceptors (Lipinski definition) is 4. The Kier molecular flexibility index (Phi) is 11.7. The summed E-state index contributed by atoms with van der Waals surface area (Å²) >= 11 is 0. The van der Waals surface area contributed by atoms with E-state index in [4.69, 9.17) is 4.74 Å². The molecule has 0 aliphatic heterocycles. The fraction of sp³-hybridized carbons (Fsp3) is 0.500. The van der Waals surface area contributed by atoms with Gasteiger partial charge in [-0.05, 0) is 48.9 Å². The van der Waals surface area contributed by atoms with Crippen molar-refractivity contribution in [2.75, 3.05) is 13.2 Å². The Labute approximate surface area is 198 Å². The van der Waals surface area contributed by atoms with Crippen molar-refractivity contribution in [3.05, 3.63) is 71.3 Å². The number of aliphatic hydroxyl groups excluding tert-OH is 1. The zero-order chi connectivity index (χ0) is 23.9. The van der Waals surface area contributed by atoms with E-state index in [1.807, 2.05) is 6.07 Å². The molecule has 5 nitrogen and oxygen atoms in total. The quantitative estimate of drug-likeness (QED) is 0.285. The minimum atomic E-state index is -1.02. The average molecular weight is 454 g/mol. The molecule has 2 N–H and O–H groups in total. The molecule has 0 spiro atoms. The van der Waals surface area contributed by atoms with Crippen molar-refractivity contribution in [2.45, 2.75) is 77.2 Å². The molecular weight excluding hydrogens is 414 g/mol. The summed E-state index contributed by atoms with van der Waals surface area (Å²) in [5, 5.41) is 12.9. The fourth-order valence-corrected chi connectivity index (χ4v) is 3.94. The van der Waals surface area contributed by atoms with Crippen molar-refractivity contribution < 1.29 is 19.4 Å². The van der Waals surface area contributed by atoms with Crippen LogP contribution in [0.2, 0.25) is 0 Å². The Morgan fingerprint density at radius 2 is 1.48 bits per heavy atom. The van der Waals surface area contributed by atoms with Gasteiger partial charge in [0.25, 0.3) is 0 Å². The van der Waals surface area contributed by atoms with Crippen molar-refractivity contribution in [3.63, 3.8) is 0 Å². The van der Waals surface area contributed by atoms with Crippen LogP contribution in [0.3, 0.4) is 0 Å². The number of ether oxygens (including phenoxy) is 1. The Morgan fingerprint density at radius 1 is 0.879 bits per heavy atom. The highest BCUT2D eigenvalue weighted by Gasteiger charge is 2.32. The lowest BCUT2D eigenvalue weighted by Crippen LogP contribution is -2.54. The zero-order valence-electron chi connectivity index (χ0n) is 20.1. The van der Waals surface area contributed by atoms with Crippen LogP contribution >= 0.6 is 0 Å². The molecule has 1 unspecified atom stereocenters. The van der Waals surface area contributed by atoms with Gasteiger partial charge in [0.2, 0.25) is 5.91 Å². The second-order valence-corrected chi connectivity index (χ2v) is 8.90. The lowest BCUT2D eigenvalue weighted by Gasteiger charge is -2.32. The average Bonchev–Trinajstić information content (AvgIpc) is 2.84.